The van der Waals surface area contributed by atoms with E-state index < -0.39 is 0 Å². The number of hydrogen-bond acceptors (Lipinski definition) is 4. The van der Waals surface area contributed by atoms with Gasteiger partial charge in [0, 0.05) is 27.7 Å². The summed E-state index contributed by atoms with van der Waals surface area (Å²) in [5.74, 6) is 2.52. The van der Waals surface area contributed by atoms with Crippen LogP contribution in [0.1, 0.15) is 17.3 Å². The van der Waals surface area contributed by atoms with Gasteiger partial charge >= 0.3 is 0 Å². The van der Waals surface area contributed by atoms with Crippen molar-refractivity contribution in [3.05, 3.63) is 19.2 Å². The lowest BCUT2D eigenvalue weighted by atomic mass is 10.1. The monoisotopic (exact) mass is 398 g/mol. The molecule has 1 aliphatic heterocycles. The highest BCUT2D eigenvalue weighted by molar-refractivity contribution is 9.13. The van der Waals surface area contributed by atoms with Gasteiger partial charge in [0.2, 0.25) is 0 Å². The Balaban J connectivity index is 2.14. The molecule has 2 heterocycles. The Bertz CT molecular complexity index is 358. The molecule has 0 saturated carbocycles. The smallest absolute Gasteiger partial charge is 0.0843 e. The summed E-state index contributed by atoms with van der Waals surface area (Å²) < 4.78 is 2.28. The molecule has 2 unspecified atom stereocenters. The van der Waals surface area contributed by atoms with Gasteiger partial charge in [0.25, 0.3) is 0 Å². The Labute approximate surface area is 128 Å². The standard InChI is InChI=1S/C11H16Br2N2S2/c1-15(7-2-3-16-6-7)9(5-14)10-4-8(12)11(13)17-10/h4,7,9H,2-3,5-6,14H2,1H3. The van der Waals surface area contributed by atoms with Crippen molar-refractivity contribution in [2.75, 3.05) is 25.1 Å². The van der Waals surface area contributed by atoms with Gasteiger partial charge in [0.1, 0.15) is 0 Å². The molecule has 1 aromatic rings. The predicted molar refractivity (Wildman–Crippen MR) is 85.0 cm³/mol. The molecule has 0 amide bonds. The van der Waals surface area contributed by atoms with Crippen LogP contribution in [0.25, 0.3) is 0 Å². The van der Waals surface area contributed by atoms with Gasteiger partial charge in [0.15, 0.2) is 0 Å². The van der Waals surface area contributed by atoms with E-state index in [2.05, 4.69) is 49.9 Å². The number of rotatable bonds is 4. The lowest BCUT2D eigenvalue weighted by Crippen LogP contribution is -2.38. The van der Waals surface area contributed by atoms with Gasteiger partial charge in [-0.25, -0.2) is 0 Å². The van der Waals surface area contributed by atoms with Crippen LogP contribution in [0.15, 0.2) is 14.3 Å². The van der Waals surface area contributed by atoms with Crippen molar-refractivity contribution in [3.63, 3.8) is 0 Å². The van der Waals surface area contributed by atoms with Crippen LogP contribution in [0.3, 0.4) is 0 Å². The molecule has 0 radical (unpaired) electrons. The summed E-state index contributed by atoms with van der Waals surface area (Å²) in [5.41, 5.74) is 5.96. The van der Waals surface area contributed by atoms with Crippen LogP contribution in [-0.4, -0.2) is 36.0 Å². The molecule has 0 spiro atoms. The van der Waals surface area contributed by atoms with Gasteiger partial charge in [-0.05, 0) is 57.1 Å². The topological polar surface area (TPSA) is 29.3 Å². The van der Waals surface area contributed by atoms with Crippen molar-refractivity contribution in [2.24, 2.45) is 5.73 Å². The lowest BCUT2D eigenvalue weighted by Gasteiger charge is -2.31. The minimum atomic E-state index is 0.339. The fourth-order valence-corrected chi connectivity index (χ4v) is 5.64. The third-order valence-corrected chi connectivity index (χ3v) is 7.69. The van der Waals surface area contributed by atoms with E-state index >= 15 is 0 Å². The molecule has 0 aromatic carbocycles. The minimum Gasteiger partial charge on any atom is -0.329 e. The first kappa shape index (κ1) is 14.3. The van der Waals surface area contributed by atoms with Crippen LogP contribution < -0.4 is 5.73 Å². The Morgan fingerprint density at radius 3 is 2.82 bits per heavy atom. The second-order valence-corrected chi connectivity index (χ2v) is 8.61. The van der Waals surface area contributed by atoms with Crippen molar-refractivity contribution in [3.8, 4) is 0 Å². The van der Waals surface area contributed by atoms with E-state index in [1.165, 1.54) is 22.8 Å². The second kappa shape index (κ2) is 6.39. The molecule has 1 aliphatic rings. The second-order valence-electron chi connectivity index (χ2n) is 4.20. The number of nitrogens with two attached hydrogens (primary N) is 1. The van der Waals surface area contributed by atoms with Gasteiger partial charge in [0.05, 0.1) is 9.83 Å². The quantitative estimate of drug-likeness (QED) is 0.836. The van der Waals surface area contributed by atoms with E-state index in [9.17, 15) is 0 Å². The van der Waals surface area contributed by atoms with Crippen LogP contribution in [0.5, 0.6) is 0 Å². The summed E-state index contributed by atoms with van der Waals surface area (Å²) in [5, 5.41) is 0. The van der Waals surface area contributed by atoms with Crippen LogP contribution >= 0.6 is 55.0 Å². The SMILES string of the molecule is CN(C1CCSC1)C(CN)c1cc(Br)c(Br)s1. The summed E-state index contributed by atoms with van der Waals surface area (Å²) in [6.45, 7) is 0.678. The average molecular weight is 400 g/mol. The molecule has 6 heteroatoms. The molecule has 1 fully saturated rings. The van der Waals surface area contributed by atoms with Gasteiger partial charge in [-0.2, -0.15) is 11.8 Å². The molecule has 0 bridgehead atoms. The zero-order valence-corrected chi connectivity index (χ0v) is 14.5. The molecule has 0 aliphatic carbocycles. The Morgan fingerprint density at radius 2 is 2.35 bits per heavy atom. The first-order chi connectivity index (χ1) is 8.13. The Morgan fingerprint density at radius 1 is 1.59 bits per heavy atom. The first-order valence-electron chi connectivity index (χ1n) is 5.58. The van der Waals surface area contributed by atoms with E-state index in [4.69, 9.17) is 5.73 Å². The molecule has 17 heavy (non-hydrogen) atoms. The van der Waals surface area contributed by atoms with Crippen LogP contribution in [0.2, 0.25) is 0 Å². The van der Waals surface area contributed by atoms with Gasteiger partial charge < -0.3 is 5.73 Å². The number of thiophene rings is 1. The summed E-state index contributed by atoms with van der Waals surface area (Å²) in [4.78, 5) is 3.79. The molecule has 1 saturated heterocycles. The molecule has 1 aromatic heterocycles. The highest BCUT2D eigenvalue weighted by Crippen LogP contribution is 2.38. The average Bonchev–Trinajstić information content (AvgIpc) is 2.91. The van der Waals surface area contributed by atoms with Crippen LogP contribution in [-0.2, 0) is 0 Å². The summed E-state index contributed by atoms with van der Waals surface area (Å²) >= 11 is 10.9. The maximum absolute atomic E-state index is 5.96. The lowest BCUT2D eigenvalue weighted by molar-refractivity contribution is 0.195. The Hall–Kier alpha value is 0.930. The zero-order valence-electron chi connectivity index (χ0n) is 9.66. The molecule has 2 N–H and O–H groups in total. The highest BCUT2D eigenvalue weighted by Gasteiger charge is 2.27. The largest absolute Gasteiger partial charge is 0.329 e. The molecule has 2 nitrogen and oxygen atoms in total. The number of halogens is 2. The summed E-state index contributed by atoms with van der Waals surface area (Å²) in [6, 6.07) is 3.20. The molecular weight excluding hydrogens is 384 g/mol. The fraction of sp³-hybridized carbons (Fsp3) is 0.636. The maximum Gasteiger partial charge on any atom is 0.0843 e. The van der Waals surface area contributed by atoms with Gasteiger partial charge in [-0.3, -0.25) is 4.90 Å². The number of likely N-dealkylation sites (N-methyl/N-ethyl adjacent to an activating group) is 1. The zero-order chi connectivity index (χ0) is 12.4. The number of thioether (sulfide) groups is 1. The highest BCUT2D eigenvalue weighted by atomic mass is 79.9. The first-order valence-corrected chi connectivity index (χ1v) is 9.13. The summed E-state index contributed by atoms with van der Waals surface area (Å²) in [6.07, 6.45) is 1.28. The van der Waals surface area contributed by atoms with E-state index in [0.717, 1.165) is 8.26 Å². The molecule has 2 rings (SSSR count). The van der Waals surface area contributed by atoms with Crippen LogP contribution in [0.4, 0.5) is 0 Å². The van der Waals surface area contributed by atoms with Crippen molar-refractivity contribution < 1.29 is 0 Å². The number of hydrogen-bond donors (Lipinski definition) is 1. The van der Waals surface area contributed by atoms with E-state index in [0.29, 0.717) is 18.6 Å². The van der Waals surface area contributed by atoms with Gasteiger partial charge in [-0.15, -0.1) is 11.3 Å². The van der Waals surface area contributed by atoms with Crippen molar-refractivity contribution in [1.82, 2.24) is 4.90 Å². The third-order valence-electron chi connectivity index (χ3n) is 3.19. The Kier molecular flexibility index (Phi) is 5.39. The molecule has 2 atom stereocenters. The molecule has 96 valence electrons. The van der Waals surface area contributed by atoms with Gasteiger partial charge in [-0.1, -0.05) is 0 Å². The van der Waals surface area contributed by atoms with E-state index in [1.807, 2.05) is 11.8 Å². The minimum absolute atomic E-state index is 0.339. The van der Waals surface area contributed by atoms with Crippen LogP contribution in [0, 0.1) is 0 Å². The normalized spacial score (nSPS) is 22.3. The third kappa shape index (κ3) is 3.28. The van der Waals surface area contributed by atoms with Crippen molar-refractivity contribution in [2.45, 2.75) is 18.5 Å². The van der Waals surface area contributed by atoms with E-state index in [1.54, 1.807) is 11.3 Å². The molecular formula is C11H16Br2N2S2. The number of nitrogens with zero attached hydrogens (tertiary/aromatic N) is 1. The maximum atomic E-state index is 5.96. The fourth-order valence-electron chi connectivity index (χ4n) is 2.11. The summed E-state index contributed by atoms with van der Waals surface area (Å²) in [7, 11) is 2.20. The van der Waals surface area contributed by atoms with Crippen molar-refractivity contribution >= 4 is 55.0 Å². The predicted octanol–water partition coefficient (Wildman–Crippen LogP) is 3.71. The van der Waals surface area contributed by atoms with E-state index in [-0.39, 0.29) is 0 Å². The van der Waals surface area contributed by atoms with Crippen molar-refractivity contribution in [1.29, 1.82) is 0 Å².